The van der Waals surface area contributed by atoms with Gasteiger partial charge in [0.05, 0.1) is 17.7 Å². The fourth-order valence-corrected chi connectivity index (χ4v) is 1.94. The SMILES string of the molecule is CCOC(=O)c1ccc(NC(=O)C2(N)CCC2)cc1.Cl. The lowest BCUT2D eigenvalue weighted by molar-refractivity contribution is -0.123. The molecule has 1 aliphatic carbocycles. The van der Waals surface area contributed by atoms with Gasteiger partial charge in [0.2, 0.25) is 5.91 Å². The van der Waals surface area contributed by atoms with Gasteiger partial charge < -0.3 is 15.8 Å². The second-order valence-electron chi connectivity index (χ2n) is 4.76. The van der Waals surface area contributed by atoms with Crippen molar-refractivity contribution in [2.24, 2.45) is 5.73 Å². The second-order valence-corrected chi connectivity index (χ2v) is 4.76. The van der Waals surface area contributed by atoms with Crippen LogP contribution < -0.4 is 11.1 Å². The van der Waals surface area contributed by atoms with Gasteiger partial charge in [-0.1, -0.05) is 0 Å². The maximum Gasteiger partial charge on any atom is 0.338 e. The van der Waals surface area contributed by atoms with E-state index in [0.717, 1.165) is 19.3 Å². The number of nitrogens with one attached hydrogen (secondary N) is 1. The molecule has 1 aromatic rings. The summed E-state index contributed by atoms with van der Waals surface area (Å²) < 4.78 is 4.88. The van der Waals surface area contributed by atoms with Crippen LogP contribution in [-0.2, 0) is 9.53 Å². The molecule has 1 saturated carbocycles. The van der Waals surface area contributed by atoms with E-state index in [1.807, 2.05) is 0 Å². The predicted molar refractivity (Wildman–Crippen MR) is 79.0 cm³/mol. The summed E-state index contributed by atoms with van der Waals surface area (Å²) in [5, 5.41) is 2.77. The van der Waals surface area contributed by atoms with Gasteiger partial charge in [-0.05, 0) is 50.5 Å². The van der Waals surface area contributed by atoms with E-state index in [0.29, 0.717) is 17.9 Å². The van der Waals surface area contributed by atoms with Gasteiger partial charge in [0.1, 0.15) is 0 Å². The number of anilines is 1. The average Bonchev–Trinajstić information content (AvgIpc) is 2.37. The molecule has 5 nitrogen and oxygen atoms in total. The molecule has 0 radical (unpaired) electrons. The number of hydrogen-bond acceptors (Lipinski definition) is 4. The second kappa shape index (κ2) is 6.72. The van der Waals surface area contributed by atoms with Crippen molar-refractivity contribution in [2.75, 3.05) is 11.9 Å². The lowest BCUT2D eigenvalue weighted by Gasteiger charge is -2.36. The molecule has 1 fully saturated rings. The van der Waals surface area contributed by atoms with E-state index in [1.54, 1.807) is 31.2 Å². The molecule has 0 spiro atoms. The average molecular weight is 299 g/mol. The van der Waals surface area contributed by atoms with E-state index >= 15 is 0 Å². The Morgan fingerprint density at radius 3 is 2.35 bits per heavy atom. The van der Waals surface area contributed by atoms with Gasteiger partial charge >= 0.3 is 5.97 Å². The van der Waals surface area contributed by atoms with Crippen molar-refractivity contribution in [2.45, 2.75) is 31.7 Å². The zero-order valence-electron chi connectivity index (χ0n) is 11.3. The van der Waals surface area contributed by atoms with Crippen molar-refractivity contribution in [1.82, 2.24) is 0 Å². The van der Waals surface area contributed by atoms with Gasteiger partial charge in [-0.3, -0.25) is 4.79 Å². The smallest absolute Gasteiger partial charge is 0.338 e. The first-order valence-electron chi connectivity index (χ1n) is 6.43. The van der Waals surface area contributed by atoms with Gasteiger partial charge in [-0.15, -0.1) is 12.4 Å². The molecule has 110 valence electrons. The molecule has 1 aromatic carbocycles. The first-order chi connectivity index (χ1) is 9.05. The molecular weight excluding hydrogens is 280 g/mol. The summed E-state index contributed by atoms with van der Waals surface area (Å²) in [6, 6.07) is 6.59. The highest BCUT2D eigenvalue weighted by molar-refractivity contribution is 5.99. The minimum absolute atomic E-state index is 0. The number of rotatable bonds is 4. The minimum Gasteiger partial charge on any atom is -0.462 e. The van der Waals surface area contributed by atoms with Crippen LogP contribution in [0.3, 0.4) is 0 Å². The summed E-state index contributed by atoms with van der Waals surface area (Å²) in [6.45, 7) is 2.10. The number of ether oxygens (including phenoxy) is 1. The number of halogens is 1. The Hall–Kier alpha value is -1.59. The molecule has 1 aliphatic rings. The van der Waals surface area contributed by atoms with Crippen molar-refractivity contribution in [3.8, 4) is 0 Å². The van der Waals surface area contributed by atoms with Gasteiger partial charge in [0.15, 0.2) is 0 Å². The van der Waals surface area contributed by atoms with E-state index in [4.69, 9.17) is 10.5 Å². The van der Waals surface area contributed by atoms with Gasteiger partial charge in [-0.2, -0.15) is 0 Å². The number of esters is 1. The Balaban J connectivity index is 0.00000200. The highest BCUT2D eigenvalue weighted by Gasteiger charge is 2.40. The third kappa shape index (κ3) is 3.49. The number of nitrogens with two attached hydrogens (primary N) is 1. The Labute approximate surface area is 124 Å². The van der Waals surface area contributed by atoms with Crippen LogP contribution >= 0.6 is 12.4 Å². The monoisotopic (exact) mass is 298 g/mol. The normalized spacial score (nSPS) is 15.5. The van der Waals surface area contributed by atoms with Crippen molar-refractivity contribution >= 4 is 30.0 Å². The van der Waals surface area contributed by atoms with Crippen LogP contribution in [-0.4, -0.2) is 24.0 Å². The summed E-state index contributed by atoms with van der Waals surface area (Å²) in [7, 11) is 0. The van der Waals surface area contributed by atoms with E-state index in [9.17, 15) is 9.59 Å². The number of benzene rings is 1. The highest BCUT2D eigenvalue weighted by atomic mass is 35.5. The first-order valence-corrected chi connectivity index (χ1v) is 6.43. The van der Waals surface area contributed by atoms with E-state index in [-0.39, 0.29) is 24.3 Å². The molecular formula is C14H19ClN2O3. The van der Waals surface area contributed by atoms with Crippen LogP contribution in [0, 0.1) is 0 Å². The Kier molecular flexibility index (Phi) is 5.53. The molecule has 20 heavy (non-hydrogen) atoms. The number of amides is 1. The standard InChI is InChI=1S/C14H18N2O3.ClH/c1-2-19-12(17)10-4-6-11(7-5-10)16-13(18)14(15)8-3-9-14;/h4-7H,2-3,8-9,15H2,1H3,(H,16,18);1H. The van der Waals surface area contributed by atoms with Crippen LogP contribution in [0.25, 0.3) is 0 Å². The van der Waals surface area contributed by atoms with Crippen LogP contribution in [0.2, 0.25) is 0 Å². The summed E-state index contributed by atoms with van der Waals surface area (Å²) in [4.78, 5) is 23.4. The molecule has 0 heterocycles. The quantitative estimate of drug-likeness (QED) is 0.834. The number of carbonyl (C=O) groups is 2. The summed E-state index contributed by atoms with van der Waals surface area (Å²) in [6.07, 6.45) is 2.44. The van der Waals surface area contributed by atoms with Gasteiger partial charge in [0, 0.05) is 5.69 Å². The first kappa shape index (κ1) is 16.5. The molecule has 0 unspecified atom stereocenters. The maximum absolute atomic E-state index is 11.9. The van der Waals surface area contributed by atoms with Crippen LogP contribution in [0.1, 0.15) is 36.5 Å². The molecule has 0 aliphatic heterocycles. The number of hydrogen-bond donors (Lipinski definition) is 2. The van der Waals surface area contributed by atoms with Crippen LogP contribution in [0.15, 0.2) is 24.3 Å². The van der Waals surface area contributed by atoms with Crippen molar-refractivity contribution in [1.29, 1.82) is 0 Å². The van der Waals surface area contributed by atoms with E-state index in [2.05, 4.69) is 5.32 Å². The predicted octanol–water partition coefficient (Wildman–Crippen LogP) is 2.10. The molecule has 1 amide bonds. The molecule has 0 atom stereocenters. The molecule has 2 rings (SSSR count). The van der Waals surface area contributed by atoms with E-state index < -0.39 is 5.54 Å². The van der Waals surface area contributed by atoms with E-state index in [1.165, 1.54) is 0 Å². The van der Waals surface area contributed by atoms with Gasteiger partial charge in [-0.25, -0.2) is 4.79 Å². The number of carbonyl (C=O) groups excluding carboxylic acids is 2. The largest absolute Gasteiger partial charge is 0.462 e. The molecule has 6 heteroatoms. The maximum atomic E-state index is 11.9. The fourth-order valence-electron chi connectivity index (χ4n) is 1.94. The summed E-state index contributed by atoms with van der Waals surface area (Å²) >= 11 is 0. The van der Waals surface area contributed by atoms with Crippen LogP contribution in [0.5, 0.6) is 0 Å². The fraction of sp³-hybridized carbons (Fsp3) is 0.429. The summed E-state index contributed by atoms with van der Waals surface area (Å²) in [5.74, 6) is -0.530. The molecule has 0 aromatic heterocycles. The Morgan fingerprint density at radius 1 is 1.30 bits per heavy atom. The third-order valence-electron chi connectivity index (χ3n) is 3.35. The van der Waals surface area contributed by atoms with Crippen LogP contribution in [0.4, 0.5) is 5.69 Å². The summed E-state index contributed by atoms with van der Waals surface area (Å²) in [5.41, 5.74) is 6.30. The van der Waals surface area contributed by atoms with Gasteiger partial charge in [0.25, 0.3) is 0 Å². The van der Waals surface area contributed by atoms with Crippen molar-refractivity contribution < 1.29 is 14.3 Å². The van der Waals surface area contributed by atoms with Crippen molar-refractivity contribution in [3.63, 3.8) is 0 Å². The zero-order chi connectivity index (χ0) is 13.9. The highest BCUT2D eigenvalue weighted by Crippen LogP contribution is 2.30. The molecule has 3 N–H and O–H groups in total. The topological polar surface area (TPSA) is 81.4 Å². The molecule has 0 saturated heterocycles. The molecule has 0 bridgehead atoms. The third-order valence-corrected chi connectivity index (χ3v) is 3.35. The Bertz CT molecular complexity index is 484. The Morgan fingerprint density at radius 2 is 1.90 bits per heavy atom. The van der Waals surface area contributed by atoms with Crippen molar-refractivity contribution in [3.05, 3.63) is 29.8 Å². The zero-order valence-corrected chi connectivity index (χ0v) is 12.2. The minimum atomic E-state index is -0.722. The lowest BCUT2D eigenvalue weighted by atomic mass is 9.77. The lowest BCUT2D eigenvalue weighted by Crippen LogP contribution is -2.56.